The summed E-state index contributed by atoms with van der Waals surface area (Å²) in [5.41, 5.74) is 1.90. The molecule has 0 radical (unpaired) electrons. The van der Waals surface area contributed by atoms with Gasteiger partial charge in [0, 0.05) is 24.4 Å². The predicted molar refractivity (Wildman–Crippen MR) is 95.5 cm³/mol. The summed E-state index contributed by atoms with van der Waals surface area (Å²) in [6.45, 7) is 1.35. The number of methoxy groups -OCH3 is 1. The van der Waals surface area contributed by atoms with Crippen molar-refractivity contribution in [3.8, 4) is 17.2 Å². The number of aromatic nitrogens is 2. The first-order chi connectivity index (χ1) is 12.3. The van der Waals surface area contributed by atoms with Gasteiger partial charge in [0.1, 0.15) is 5.75 Å². The van der Waals surface area contributed by atoms with Gasteiger partial charge in [-0.25, -0.2) is 0 Å². The summed E-state index contributed by atoms with van der Waals surface area (Å²) in [5.74, 6) is 1.79. The van der Waals surface area contributed by atoms with Crippen LogP contribution in [-0.4, -0.2) is 35.6 Å². The van der Waals surface area contributed by atoms with Crippen molar-refractivity contribution in [2.24, 2.45) is 0 Å². The molecule has 0 fully saturated rings. The molecule has 6 heteroatoms. The molecule has 25 heavy (non-hydrogen) atoms. The number of ether oxygens (including phenoxy) is 1. The predicted octanol–water partition coefficient (Wildman–Crippen LogP) is 3.13. The zero-order chi connectivity index (χ0) is 17.5. The van der Waals surface area contributed by atoms with Crippen LogP contribution in [0.15, 0.2) is 59.0 Å². The Labute approximate surface area is 146 Å². The molecule has 130 valence electrons. The quantitative estimate of drug-likeness (QED) is 0.680. The smallest absolute Gasteiger partial charge is 0.247 e. The highest BCUT2D eigenvalue weighted by molar-refractivity contribution is 5.54. The van der Waals surface area contributed by atoms with Crippen molar-refractivity contribution in [1.29, 1.82) is 0 Å². The molecule has 2 aromatic carbocycles. The average Bonchev–Trinajstić information content (AvgIpc) is 3.14. The van der Waals surface area contributed by atoms with Gasteiger partial charge in [-0.3, -0.25) is 0 Å². The molecular formula is C19H21N3O3. The number of aliphatic hydroxyl groups excluding tert-OH is 1. The van der Waals surface area contributed by atoms with E-state index in [4.69, 9.17) is 14.3 Å². The van der Waals surface area contributed by atoms with Crippen LogP contribution in [0.1, 0.15) is 12.3 Å². The van der Waals surface area contributed by atoms with Crippen LogP contribution in [0.2, 0.25) is 0 Å². The molecule has 0 amide bonds. The first-order valence-electron chi connectivity index (χ1n) is 8.18. The van der Waals surface area contributed by atoms with Crippen molar-refractivity contribution >= 4 is 5.69 Å². The topological polar surface area (TPSA) is 71.6 Å². The summed E-state index contributed by atoms with van der Waals surface area (Å²) in [4.78, 5) is 2.11. The molecule has 0 aliphatic heterocycles. The summed E-state index contributed by atoms with van der Waals surface area (Å²) in [7, 11) is 1.63. The lowest BCUT2D eigenvalue weighted by Crippen LogP contribution is -2.24. The number of hydrogen-bond donors (Lipinski definition) is 1. The molecule has 0 aliphatic carbocycles. The Balaban J connectivity index is 1.75. The van der Waals surface area contributed by atoms with E-state index in [1.54, 1.807) is 7.11 Å². The molecule has 0 saturated carbocycles. The molecule has 0 atom stereocenters. The van der Waals surface area contributed by atoms with E-state index in [0.717, 1.165) is 17.0 Å². The van der Waals surface area contributed by atoms with Gasteiger partial charge < -0.3 is 19.2 Å². The van der Waals surface area contributed by atoms with E-state index in [-0.39, 0.29) is 6.61 Å². The number of benzene rings is 2. The molecule has 1 N–H and O–H groups in total. The molecule has 0 spiro atoms. The van der Waals surface area contributed by atoms with Gasteiger partial charge in [-0.15, -0.1) is 10.2 Å². The Morgan fingerprint density at radius 2 is 1.80 bits per heavy atom. The van der Waals surface area contributed by atoms with Gasteiger partial charge in [-0.1, -0.05) is 18.2 Å². The fourth-order valence-electron chi connectivity index (χ4n) is 2.53. The van der Waals surface area contributed by atoms with Gasteiger partial charge in [-0.2, -0.15) is 0 Å². The number of rotatable bonds is 8. The lowest BCUT2D eigenvalue weighted by atomic mass is 10.2. The Kier molecular flexibility index (Phi) is 5.64. The Morgan fingerprint density at radius 3 is 2.48 bits per heavy atom. The van der Waals surface area contributed by atoms with Gasteiger partial charge >= 0.3 is 0 Å². The molecule has 1 heterocycles. The lowest BCUT2D eigenvalue weighted by Gasteiger charge is -2.22. The zero-order valence-corrected chi connectivity index (χ0v) is 14.1. The van der Waals surface area contributed by atoms with Gasteiger partial charge in [0.05, 0.1) is 13.7 Å². The maximum atomic E-state index is 9.14. The molecule has 0 bridgehead atoms. The number of aliphatic hydroxyl groups is 1. The van der Waals surface area contributed by atoms with Crippen molar-refractivity contribution < 1.29 is 14.3 Å². The maximum Gasteiger partial charge on any atom is 0.247 e. The Bertz CT molecular complexity index is 772. The minimum atomic E-state index is 0.143. The van der Waals surface area contributed by atoms with Crippen LogP contribution in [0.4, 0.5) is 5.69 Å². The van der Waals surface area contributed by atoms with E-state index in [9.17, 15) is 0 Å². The second kappa shape index (κ2) is 8.30. The van der Waals surface area contributed by atoms with Crippen LogP contribution in [0, 0.1) is 0 Å². The van der Waals surface area contributed by atoms with E-state index in [1.165, 1.54) is 0 Å². The van der Waals surface area contributed by atoms with Crippen LogP contribution >= 0.6 is 0 Å². The normalized spacial score (nSPS) is 10.6. The highest BCUT2D eigenvalue weighted by Gasteiger charge is 2.13. The third-order valence-corrected chi connectivity index (χ3v) is 3.84. The van der Waals surface area contributed by atoms with E-state index in [1.807, 2.05) is 54.6 Å². The largest absolute Gasteiger partial charge is 0.497 e. The number of anilines is 1. The number of nitrogens with zero attached hydrogens (tertiary/aromatic N) is 3. The second-order valence-corrected chi connectivity index (χ2v) is 5.56. The first-order valence-corrected chi connectivity index (χ1v) is 8.18. The molecule has 3 aromatic rings. The van der Waals surface area contributed by atoms with Crippen molar-refractivity contribution in [2.75, 3.05) is 25.2 Å². The second-order valence-electron chi connectivity index (χ2n) is 5.56. The monoisotopic (exact) mass is 339 g/mol. The summed E-state index contributed by atoms with van der Waals surface area (Å²) >= 11 is 0. The van der Waals surface area contributed by atoms with Crippen LogP contribution in [-0.2, 0) is 6.54 Å². The molecule has 6 nitrogen and oxygen atoms in total. The highest BCUT2D eigenvalue weighted by atomic mass is 16.5. The van der Waals surface area contributed by atoms with E-state index >= 15 is 0 Å². The third-order valence-electron chi connectivity index (χ3n) is 3.84. The molecule has 0 unspecified atom stereocenters. The summed E-state index contributed by atoms with van der Waals surface area (Å²) in [6.07, 6.45) is 0.675. The maximum absolute atomic E-state index is 9.14. The van der Waals surface area contributed by atoms with E-state index in [0.29, 0.717) is 31.3 Å². The minimum absolute atomic E-state index is 0.143. The minimum Gasteiger partial charge on any atom is -0.497 e. The Hall–Kier alpha value is -2.86. The molecule has 0 saturated heterocycles. The van der Waals surface area contributed by atoms with Crippen molar-refractivity contribution in [3.63, 3.8) is 0 Å². The molecule has 3 rings (SSSR count). The summed E-state index contributed by atoms with van der Waals surface area (Å²) < 4.78 is 11.0. The molecule has 0 aliphatic rings. The van der Waals surface area contributed by atoms with Crippen molar-refractivity contribution in [1.82, 2.24) is 10.2 Å². The Morgan fingerprint density at radius 1 is 1.04 bits per heavy atom. The lowest BCUT2D eigenvalue weighted by molar-refractivity contribution is 0.289. The number of para-hydroxylation sites is 1. The zero-order valence-electron chi connectivity index (χ0n) is 14.1. The van der Waals surface area contributed by atoms with Crippen LogP contribution in [0.5, 0.6) is 5.75 Å². The van der Waals surface area contributed by atoms with E-state index < -0.39 is 0 Å². The van der Waals surface area contributed by atoms with Crippen LogP contribution in [0.25, 0.3) is 11.5 Å². The van der Waals surface area contributed by atoms with Crippen molar-refractivity contribution in [3.05, 3.63) is 60.5 Å². The third kappa shape index (κ3) is 4.36. The van der Waals surface area contributed by atoms with Gasteiger partial charge in [-0.05, 0) is 42.8 Å². The van der Waals surface area contributed by atoms with Crippen molar-refractivity contribution in [2.45, 2.75) is 13.0 Å². The average molecular weight is 339 g/mol. The standard InChI is InChI=1S/C19H21N3O3/c1-24-17-10-8-15(9-11-17)19-21-20-18(25-19)14-22(12-5-13-23)16-6-3-2-4-7-16/h2-4,6-11,23H,5,12-14H2,1H3. The van der Waals surface area contributed by atoms with Crippen LogP contribution < -0.4 is 9.64 Å². The van der Waals surface area contributed by atoms with Gasteiger partial charge in [0.2, 0.25) is 11.8 Å². The highest BCUT2D eigenvalue weighted by Crippen LogP contribution is 2.23. The van der Waals surface area contributed by atoms with Gasteiger partial charge in [0.25, 0.3) is 0 Å². The summed E-state index contributed by atoms with van der Waals surface area (Å²) in [6, 6.07) is 17.5. The molecular weight excluding hydrogens is 318 g/mol. The van der Waals surface area contributed by atoms with Crippen LogP contribution in [0.3, 0.4) is 0 Å². The van der Waals surface area contributed by atoms with Gasteiger partial charge in [0.15, 0.2) is 0 Å². The number of hydrogen-bond acceptors (Lipinski definition) is 6. The summed E-state index contributed by atoms with van der Waals surface area (Å²) in [5, 5.41) is 17.4. The first kappa shape index (κ1) is 17.0. The molecule has 1 aromatic heterocycles. The SMILES string of the molecule is COc1ccc(-c2nnc(CN(CCCO)c3ccccc3)o2)cc1. The van der Waals surface area contributed by atoms with E-state index in [2.05, 4.69) is 15.1 Å². The fourth-order valence-corrected chi connectivity index (χ4v) is 2.53. The fraction of sp³-hybridized carbons (Fsp3) is 0.263.